The third-order valence-corrected chi connectivity index (χ3v) is 5.25. The summed E-state index contributed by atoms with van der Waals surface area (Å²) < 4.78 is 0. The third-order valence-electron chi connectivity index (χ3n) is 5.25. The second-order valence-corrected chi connectivity index (χ2v) is 7.03. The van der Waals surface area contributed by atoms with Crippen LogP contribution in [0, 0.1) is 0 Å². The molecule has 0 spiro atoms. The van der Waals surface area contributed by atoms with Gasteiger partial charge in [-0.15, -0.1) is 0 Å². The highest BCUT2D eigenvalue weighted by Gasteiger charge is 2.14. The molecule has 2 N–H and O–H groups in total. The zero-order valence-corrected chi connectivity index (χ0v) is 16.8. The molecule has 0 atom stereocenters. The number of benzene rings is 2. The van der Waals surface area contributed by atoms with Crippen molar-refractivity contribution in [3.8, 4) is 22.4 Å². The first-order valence-electron chi connectivity index (χ1n) is 9.72. The van der Waals surface area contributed by atoms with Crippen LogP contribution < -0.4 is 10.4 Å². The van der Waals surface area contributed by atoms with Gasteiger partial charge in [0.15, 0.2) is 0 Å². The fraction of sp³-hybridized carbons (Fsp3) is 0.125. The highest BCUT2D eigenvalue weighted by molar-refractivity contribution is 6.06. The Morgan fingerprint density at radius 2 is 1.63 bits per heavy atom. The van der Waals surface area contributed by atoms with Gasteiger partial charge in [0.1, 0.15) is 0 Å². The van der Waals surface area contributed by atoms with Gasteiger partial charge in [-0.1, -0.05) is 36.4 Å². The van der Waals surface area contributed by atoms with E-state index in [4.69, 9.17) is 5.21 Å². The van der Waals surface area contributed by atoms with Crippen LogP contribution in [0.4, 0.5) is 5.69 Å². The van der Waals surface area contributed by atoms with E-state index in [9.17, 15) is 4.79 Å². The van der Waals surface area contributed by atoms with Crippen molar-refractivity contribution in [1.82, 2.24) is 15.4 Å². The molecule has 6 heteroatoms. The maximum atomic E-state index is 12.1. The highest BCUT2D eigenvalue weighted by atomic mass is 16.5. The van der Waals surface area contributed by atoms with Crippen LogP contribution in [-0.4, -0.2) is 34.7 Å². The monoisotopic (exact) mass is 398 g/mol. The second kappa shape index (κ2) is 8.31. The number of hydrogen-bond donors (Lipinski definition) is 2. The Morgan fingerprint density at radius 3 is 2.27 bits per heavy atom. The SMILES string of the molecule is CCN(C)c1ccc(-c2ccc(-c3cc(C(=O)NO)c4cnccc4n3)cc2)cc1. The molecule has 0 fully saturated rings. The van der Waals surface area contributed by atoms with Gasteiger partial charge in [0.25, 0.3) is 5.91 Å². The van der Waals surface area contributed by atoms with Crippen LogP contribution >= 0.6 is 0 Å². The van der Waals surface area contributed by atoms with Crippen molar-refractivity contribution in [1.29, 1.82) is 0 Å². The van der Waals surface area contributed by atoms with Crippen molar-refractivity contribution in [2.45, 2.75) is 6.92 Å². The lowest BCUT2D eigenvalue weighted by Crippen LogP contribution is -2.19. The van der Waals surface area contributed by atoms with Gasteiger partial charge in [0.05, 0.1) is 16.8 Å². The number of carbonyl (C=O) groups excluding carboxylic acids is 1. The number of rotatable bonds is 5. The number of fused-ring (bicyclic) bond motifs is 1. The minimum absolute atomic E-state index is 0.324. The number of aromatic nitrogens is 2. The predicted molar refractivity (Wildman–Crippen MR) is 119 cm³/mol. The first kappa shape index (κ1) is 19.5. The standard InChI is InChI=1S/C24H22N4O2/c1-3-28(2)19-10-8-17(9-11-19)16-4-6-18(7-5-16)23-14-20(24(29)27-30)21-15-25-13-12-22(21)26-23/h4-15,30H,3H2,1-2H3,(H,27,29). The van der Waals surface area contributed by atoms with E-state index in [1.807, 2.05) is 24.3 Å². The molecule has 0 aliphatic rings. The predicted octanol–water partition coefficient (Wildman–Crippen LogP) is 4.54. The number of carbonyl (C=O) groups is 1. The van der Waals surface area contributed by atoms with E-state index in [1.165, 1.54) is 5.69 Å². The van der Waals surface area contributed by atoms with Gasteiger partial charge < -0.3 is 4.90 Å². The quantitative estimate of drug-likeness (QED) is 0.381. The number of nitrogens with one attached hydrogen (secondary N) is 1. The summed E-state index contributed by atoms with van der Waals surface area (Å²) in [7, 11) is 2.07. The molecule has 0 aliphatic heterocycles. The zero-order chi connectivity index (χ0) is 21.1. The molecule has 2 aromatic heterocycles. The molecule has 6 nitrogen and oxygen atoms in total. The van der Waals surface area contributed by atoms with Gasteiger partial charge in [-0.05, 0) is 42.3 Å². The van der Waals surface area contributed by atoms with Gasteiger partial charge in [-0.2, -0.15) is 0 Å². The van der Waals surface area contributed by atoms with Crippen LogP contribution in [0.25, 0.3) is 33.3 Å². The fourth-order valence-electron chi connectivity index (χ4n) is 3.39. The van der Waals surface area contributed by atoms with Crippen LogP contribution in [0.5, 0.6) is 0 Å². The molecule has 150 valence electrons. The lowest BCUT2D eigenvalue weighted by Gasteiger charge is -2.17. The fourth-order valence-corrected chi connectivity index (χ4v) is 3.39. The maximum absolute atomic E-state index is 12.1. The Balaban J connectivity index is 1.69. The largest absolute Gasteiger partial charge is 0.375 e. The first-order valence-corrected chi connectivity index (χ1v) is 9.72. The van der Waals surface area contributed by atoms with Crippen LogP contribution in [0.1, 0.15) is 17.3 Å². The third kappa shape index (κ3) is 3.73. The van der Waals surface area contributed by atoms with Crippen LogP contribution in [0.15, 0.2) is 73.1 Å². The molecule has 1 amide bonds. The topological polar surface area (TPSA) is 78.4 Å². The van der Waals surface area contributed by atoms with E-state index in [2.05, 4.69) is 53.1 Å². The Bertz CT molecular complexity index is 1190. The minimum atomic E-state index is -0.592. The average molecular weight is 398 g/mol. The maximum Gasteiger partial charge on any atom is 0.275 e. The van der Waals surface area contributed by atoms with E-state index in [-0.39, 0.29) is 0 Å². The summed E-state index contributed by atoms with van der Waals surface area (Å²) >= 11 is 0. The molecule has 30 heavy (non-hydrogen) atoms. The molecule has 0 bridgehead atoms. The summed E-state index contributed by atoms with van der Waals surface area (Å²) in [6.45, 7) is 3.08. The lowest BCUT2D eigenvalue weighted by atomic mass is 10.0. The van der Waals surface area contributed by atoms with E-state index in [1.54, 1.807) is 30.0 Å². The van der Waals surface area contributed by atoms with Crippen LogP contribution in [0.3, 0.4) is 0 Å². The Labute approximate surface area is 174 Å². The van der Waals surface area contributed by atoms with Gasteiger partial charge in [-0.25, -0.2) is 10.5 Å². The van der Waals surface area contributed by atoms with Crippen molar-refractivity contribution >= 4 is 22.5 Å². The minimum Gasteiger partial charge on any atom is -0.375 e. The molecule has 0 unspecified atom stereocenters. The highest BCUT2D eigenvalue weighted by Crippen LogP contribution is 2.28. The molecule has 2 aromatic carbocycles. The molecule has 4 rings (SSSR count). The Hall–Kier alpha value is -3.77. The summed E-state index contributed by atoms with van der Waals surface area (Å²) in [5.41, 5.74) is 7.61. The summed E-state index contributed by atoms with van der Waals surface area (Å²) in [6, 6.07) is 19.9. The normalized spacial score (nSPS) is 10.8. The van der Waals surface area contributed by atoms with E-state index in [0.29, 0.717) is 22.2 Å². The summed E-state index contributed by atoms with van der Waals surface area (Å²) in [5, 5.41) is 9.68. The lowest BCUT2D eigenvalue weighted by molar-refractivity contribution is 0.0708. The van der Waals surface area contributed by atoms with Crippen LogP contribution in [-0.2, 0) is 0 Å². The number of anilines is 1. The number of amides is 1. The van der Waals surface area contributed by atoms with Gasteiger partial charge in [-0.3, -0.25) is 15.0 Å². The van der Waals surface area contributed by atoms with Gasteiger partial charge in [0.2, 0.25) is 0 Å². The number of nitrogens with zero attached hydrogens (tertiary/aromatic N) is 3. The molecule has 0 radical (unpaired) electrons. The van der Waals surface area contributed by atoms with Crippen molar-refractivity contribution < 1.29 is 10.0 Å². The number of hydroxylamine groups is 1. The van der Waals surface area contributed by atoms with E-state index < -0.39 is 5.91 Å². The average Bonchev–Trinajstić information content (AvgIpc) is 2.82. The smallest absolute Gasteiger partial charge is 0.275 e. The molecular weight excluding hydrogens is 376 g/mol. The summed E-state index contributed by atoms with van der Waals surface area (Å²) in [4.78, 5) is 23.0. The Morgan fingerprint density at radius 1 is 1.00 bits per heavy atom. The van der Waals surface area contributed by atoms with Crippen molar-refractivity contribution in [2.24, 2.45) is 0 Å². The van der Waals surface area contributed by atoms with Crippen molar-refractivity contribution in [3.63, 3.8) is 0 Å². The van der Waals surface area contributed by atoms with Gasteiger partial charge >= 0.3 is 0 Å². The summed E-state index contributed by atoms with van der Waals surface area (Å²) in [5.74, 6) is -0.592. The summed E-state index contributed by atoms with van der Waals surface area (Å²) in [6.07, 6.45) is 3.20. The molecule has 0 saturated heterocycles. The van der Waals surface area contributed by atoms with Crippen molar-refractivity contribution in [3.05, 3.63) is 78.6 Å². The van der Waals surface area contributed by atoms with E-state index >= 15 is 0 Å². The number of pyridine rings is 2. The first-order chi connectivity index (χ1) is 14.6. The zero-order valence-electron chi connectivity index (χ0n) is 16.8. The van der Waals surface area contributed by atoms with Crippen molar-refractivity contribution in [2.75, 3.05) is 18.5 Å². The molecule has 2 heterocycles. The van der Waals surface area contributed by atoms with Gasteiger partial charge in [0, 0.05) is 42.6 Å². The second-order valence-electron chi connectivity index (χ2n) is 7.03. The molecular formula is C24H22N4O2. The number of hydrogen-bond acceptors (Lipinski definition) is 5. The van der Waals surface area contributed by atoms with E-state index in [0.717, 1.165) is 23.2 Å². The molecule has 4 aromatic rings. The molecule has 0 saturated carbocycles. The molecule has 0 aliphatic carbocycles. The van der Waals surface area contributed by atoms with Crippen LogP contribution in [0.2, 0.25) is 0 Å². The Kier molecular flexibility index (Phi) is 5.41.